The second-order valence-corrected chi connectivity index (χ2v) is 4.51. The summed E-state index contributed by atoms with van der Waals surface area (Å²) in [5.74, 6) is -0.990. The van der Waals surface area contributed by atoms with Crippen molar-refractivity contribution in [1.82, 2.24) is 5.32 Å². The molecule has 0 aromatic heterocycles. The highest BCUT2D eigenvalue weighted by molar-refractivity contribution is 5.96. The molecule has 0 aliphatic rings. The van der Waals surface area contributed by atoms with Gasteiger partial charge in [0, 0.05) is 0 Å². The number of ether oxygens (including phenoxy) is 2. The molecule has 0 unspecified atom stereocenters. The van der Waals surface area contributed by atoms with Gasteiger partial charge in [0.05, 0.1) is 0 Å². The molecule has 0 saturated heterocycles. The third kappa shape index (κ3) is 5.52. The Kier molecular flexibility index (Phi) is 5.71. The van der Waals surface area contributed by atoms with E-state index >= 15 is 0 Å². The number of amides is 3. The molecule has 1 aromatic carbocycles. The lowest BCUT2D eigenvalue weighted by atomic mass is 10.2. The SMILES string of the molecule is Cc1cccc(O[C@H](C)C(=O)O[C@@H](C)C(=O)NC(N)=O)c1. The zero-order chi connectivity index (χ0) is 16.0. The summed E-state index contributed by atoms with van der Waals surface area (Å²) in [6.07, 6.45) is -2.04. The number of carbonyl (C=O) groups excluding carboxylic acids is 3. The zero-order valence-corrected chi connectivity index (χ0v) is 12.1. The van der Waals surface area contributed by atoms with Crippen LogP contribution in [0.4, 0.5) is 4.79 Å². The Balaban J connectivity index is 2.54. The van der Waals surface area contributed by atoms with E-state index in [1.54, 1.807) is 18.2 Å². The van der Waals surface area contributed by atoms with Gasteiger partial charge in [-0.05, 0) is 38.5 Å². The van der Waals surface area contributed by atoms with Crippen LogP contribution in [0.25, 0.3) is 0 Å². The highest BCUT2D eigenvalue weighted by Crippen LogP contribution is 2.14. The van der Waals surface area contributed by atoms with Crippen LogP contribution in [0.2, 0.25) is 0 Å². The largest absolute Gasteiger partial charge is 0.479 e. The van der Waals surface area contributed by atoms with Gasteiger partial charge in [0.15, 0.2) is 12.2 Å². The van der Waals surface area contributed by atoms with E-state index in [1.807, 2.05) is 18.3 Å². The Morgan fingerprint density at radius 1 is 1.19 bits per heavy atom. The molecule has 21 heavy (non-hydrogen) atoms. The fraction of sp³-hybridized carbons (Fsp3) is 0.357. The molecule has 3 amide bonds. The molecule has 0 saturated carbocycles. The number of carbonyl (C=O) groups is 3. The standard InChI is InChI=1S/C14H18N2O5/c1-8-5-4-6-11(7-8)20-10(3)13(18)21-9(2)12(17)16-14(15)19/h4-7,9-10H,1-3H3,(H3,15,16,17,19)/t9-,10+/m0/s1. The molecule has 7 nitrogen and oxygen atoms in total. The minimum atomic E-state index is -1.14. The van der Waals surface area contributed by atoms with Crippen molar-refractivity contribution < 1.29 is 23.9 Å². The number of aryl methyl sites for hydroxylation is 1. The predicted octanol–water partition coefficient (Wildman–Crippen LogP) is 0.889. The van der Waals surface area contributed by atoms with Crippen LogP contribution in [0, 0.1) is 6.92 Å². The van der Waals surface area contributed by atoms with Gasteiger partial charge in [-0.15, -0.1) is 0 Å². The van der Waals surface area contributed by atoms with Crippen LogP contribution in [0.3, 0.4) is 0 Å². The maximum absolute atomic E-state index is 11.8. The molecule has 0 radical (unpaired) electrons. The lowest BCUT2D eigenvalue weighted by Crippen LogP contribution is -2.43. The van der Waals surface area contributed by atoms with Gasteiger partial charge < -0.3 is 15.2 Å². The molecular formula is C14H18N2O5. The Bertz CT molecular complexity index is 544. The lowest BCUT2D eigenvalue weighted by molar-refractivity contribution is -0.160. The Morgan fingerprint density at radius 2 is 1.86 bits per heavy atom. The minimum Gasteiger partial charge on any atom is -0.479 e. The van der Waals surface area contributed by atoms with Gasteiger partial charge in [-0.3, -0.25) is 10.1 Å². The molecule has 0 aliphatic heterocycles. The van der Waals surface area contributed by atoms with Crippen LogP contribution in [-0.2, 0) is 14.3 Å². The van der Waals surface area contributed by atoms with Crippen molar-refractivity contribution in [3.8, 4) is 5.75 Å². The number of hydrogen-bond acceptors (Lipinski definition) is 5. The molecule has 3 N–H and O–H groups in total. The Morgan fingerprint density at radius 3 is 2.43 bits per heavy atom. The monoisotopic (exact) mass is 294 g/mol. The van der Waals surface area contributed by atoms with Crippen LogP contribution in [0.15, 0.2) is 24.3 Å². The molecule has 0 aliphatic carbocycles. The van der Waals surface area contributed by atoms with Gasteiger partial charge in [-0.2, -0.15) is 0 Å². The normalized spacial score (nSPS) is 12.9. The summed E-state index contributed by atoms with van der Waals surface area (Å²) < 4.78 is 10.3. The van der Waals surface area contributed by atoms with Gasteiger partial charge >= 0.3 is 12.0 Å². The smallest absolute Gasteiger partial charge is 0.347 e. The van der Waals surface area contributed by atoms with Crippen molar-refractivity contribution in [2.75, 3.05) is 0 Å². The minimum absolute atomic E-state index is 0.522. The van der Waals surface area contributed by atoms with Crippen molar-refractivity contribution in [3.05, 3.63) is 29.8 Å². The van der Waals surface area contributed by atoms with Gasteiger partial charge in [-0.25, -0.2) is 9.59 Å². The summed E-state index contributed by atoms with van der Waals surface area (Å²) in [7, 11) is 0. The predicted molar refractivity (Wildman–Crippen MR) is 74.5 cm³/mol. The zero-order valence-electron chi connectivity index (χ0n) is 12.1. The fourth-order valence-corrected chi connectivity index (χ4v) is 1.49. The summed E-state index contributed by atoms with van der Waals surface area (Å²) in [6.45, 7) is 4.73. The van der Waals surface area contributed by atoms with E-state index in [2.05, 4.69) is 0 Å². The summed E-state index contributed by atoms with van der Waals surface area (Å²) in [6, 6.07) is 6.16. The number of nitrogens with one attached hydrogen (secondary N) is 1. The van der Waals surface area contributed by atoms with Gasteiger partial charge in [0.2, 0.25) is 0 Å². The van der Waals surface area contributed by atoms with Gasteiger partial charge in [-0.1, -0.05) is 12.1 Å². The number of nitrogens with two attached hydrogens (primary N) is 1. The molecule has 7 heteroatoms. The van der Waals surface area contributed by atoms with Gasteiger partial charge in [0.25, 0.3) is 5.91 Å². The topological polar surface area (TPSA) is 108 Å². The molecule has 0 fully saturated rings. The average Bonchev–Trinajstić information content (AvgIpc) is 2.37. The van der Waals surface area contributed by atoms with Crippen molar-refractivity contribution in [2.45, 2.75) is 33.0 Å². The maximum atomic E-state index is 11.8. The second kappa shape index (κ2) is 7.28. The average molecular weight is 294 g/mol. The number of esters is 1. The molecule has 0 heterocycles. The third-order valence-corrected chi connectivity index (χ3v) is 2.54. The third-order valence-electron chi connectivity index (χ3n) is 2.54. The van der Waals surface area contributed by atoms with Crippen LogP contribution in [-0.4, -0.2) is 30.1 Å². The first kappa shape index (κ1) is 16.5. The highest BCUT2D eigenvalue weighted by Gasteiger charge is 2.23. The van der Waals surface area contributed by atoms with Gasteiger partial charge in [0.1, 0.15) is 5.75 Å². The molecule has 0 bridgehead atoms. The second-order valence-electron chi connectivity index (χ2n) is 4.51. The van der Waals surface area contributed by atoms with Crippen LogP contribution in [0.5, 0.6) is 5.75 Å². The number of rotatable bonds is 5. The first-order valence-corrected chi connectivity index (χ1v) is 6.33. The lowest BCUT2D eigenvalue weighted by Gasteiger charge is -2.17. The Hall–Kier alpha value is -2.57. The Labute approximate surface area is 122 Å². The quantitative estimate of drug-likeness (QED) is 0.784. The molecule has 1 aromatic rings. The number of primary amides is 1. The van der Waals surface area contributed by atoms with Crippen LogP contribution < -0.4 is 15.8 Å². The van der Waals surface area contributed by atoms with E-state index in [9.17, 15) is 14.4 Å². The molecule has 2 atom stereocenters. The maximum Gasteiger partial charge on any atom is 0.347 e. The van der Waals surface area contributed by atoms with E-state index in [1.165, 1.54) is 13.8 Å². The number of imide groups is 1. The highest BCUT2D eigenvalue weighted by atomic mass is 16.6. The number of hydrogen-bond donors (Lipinski definition) is 2. The van der Waals surface area contributed by atoms with Crippen molar-refractivity contribution >= 4 is 17.9 Å². The first-order chi connectivity index (χ1) is 9.79. The molecule has 0 spiro atoms. The van der Waals surface area contributed by atoms with E-state index in [0.717, 1.165) is 5.56 Å². The van der Waals surface area contributed by atoms with E-state index in [0.29, 0.717) is 5.75 Å². The van der Waals surface area contributed by atoms with Crippen molar-refractivity contribution in [1.29, 1.82) is 0 Å². The van der Waals surface area contributed by atoms with Crippen LogP contribution >= 0.6 is 0 Å². The van der Waals surface area contributed by atoms with Crippen molar-refractivity contribution in [2.24, 2.45) is 5.73 Å². The van der Waals surface area contributed by atoms with E-state index in [-0.39, 0.29) is 0 Å². The summed E-state index contributed by atoms with van der Waals surface area (Å²) in [5.41, 5.74) is 5.79. The number of benzene rings is 1. The summed E-state index contributed by atoms with van der Waals surface area (Å²) in [5, 5.41) is 1.83. The summed E-state index contributed by atoms with van der Waals surface area (Å²) in [4.78, 5) is 33.7. The van der Waals surface area contributed by atoms with Crippen LogP contribution in [0.1, 0.15) is 19.4 Å². The van der Waals surface area contributed by atoms with E-state index < -0.39 is 30.1 Å². The molecular weight excluding hydrogens is 276 g/mol. The molecule has 1 rings (SSSR count). The van der Waals surface area contributed by atoms with E-state index in [4.69, 9.17) is 15.2 Å². The molecule has 114 valence electrons. The fourth-order valence-electron chi connectivity index (χ4n) is 1.49. The number of urea groups is 1. The summed E-state index contributed by atoms with van der Waals surface area (Å²) >= 11 is 0. The van der Waals surface area contributed by atoms with Crippen molar-refractivity contribution in [3.63, 3.8) is 0 Å². The first-order valence-electron chi connectivity index (χ1n) is 6.33.